The van der Waals surface area contributed by atoms with E-state index in [-0.39, 0.29) is 6.54 Å². The summed E-state index contributed by atoms with van der Waals surface area (Å²) in [5, 5.41) is 4.45. The van der Waals surface area contributed by atoms with E-state index in [1.807, 2.05) is 12.2 Å². The predicted molar refractivity (Wildman–Crippen MR) is 42.2 cm³/mol. The van der Waals surface area contributed by atoms with E-state index >= 15 is 0 Å². The van der Waals surface area contributed by atoms with E-state index in [0.717, 1.165) is 6.42 Å². The molecule has 0 saturated heterocycles. The smallest absolute Gasteiger partial charge is 0.355 e. The molecule has 0 bridgehead atoms. The van der Waals surface area contributed by atoms with Gasteiger partial charge in [0.25, 0.3) is 0 Å². The molecule has 0 unspecified atom stereocenters. The Balaban J connectivity index is 3.37. The van der Waals surface area contributed by atoms with Crippen LogP contribution in [0.15, 0.2) is 0 Å². The van der Waals surface area contributed by atoms with Crippen LogP contribution in [0.3, 0.4) is 0 Å². The van der Waals surface area contributed by atoms with Crippen molar-refractivity contribution in [3.05, 3.63) is 0 Å². The van der Waals surface area contributed by atoms with Gasteiger partial charge in [0.05, 0.1) is 13.1 Å². The van der Waals surface area contributed by atoms with Crippen molar-refractivity contribution in [2.75, 3.05) is 19.6 Å². The Morgan fingerprint density at radius 2 is 2.00 bits per heavy atom. The highest BCUT2D eigenvalue weighted by atomic mass is 19.4. The first-order chi connectivity index (χ1) is 5.95. The van der Waals surface area contributed by atoms with Gasteiger partial charge in [-0.1, -0.05) is 6.92 Å². The number of nitrogens with one attached hydrogen (secondary N) is 2. The normalized spacial score (nSPS) is 11.4. The van der Waals surface area contributed by atoms with Crippen molar-refractivity contribution in [1.82, 2.24) is 10.6 Å². The van der Waals surface area contributed by atoms with Crippen LogP contribution in [-0.4, -0.2) is 31.7 Å². The monoisotopic (exact) mass is 198 g/mol. The molecule has 1 amide bonds. The minimum Gasteiger partial charge on any atom is -0.355 e. The number of hydrogen-bond acceptors (Lipinski definition) is 2. The number of rotatable bonds is 5. The van der Waals surface area contributed by atoms with Crippen LogP contribution < -0.4 is 10.6 Å². The predicted octanol–water partition coefficient (Wildman–Crippen LogP) is 0.664. The van der Waals surface area contributed by atoms with Crippen molar-refractivity contribution in [3.63, 3.8) is 0 Å². The lowest BCUT2D eigenvalue weighted by molar-refractivity contribution is -0.128. The summed E-state index contributed by atoms with van der Waals surface area (Å²) < 4.78 is 34.7. The molecule has 0 rings (SSSR count). The molecule has 78 valence electrons. The van der Waals surface area contributed by atoms with Crippen LogP contribution in [0, 0.1) is 0 Å². The summed E-state index contributed by atoms with van der Waals surface area (Å²) in [6.07, 6.45) is -3.49. The Labute approximate surface area is 74.7 Å². The molecule has 0 aromatic rings. The Bertz CT molecular complexity index is 158. The Morgan fingerprint density at radius 1 is 1.38 bits per heavy atom. The van der Waals surface area contributed by atoms with Crippen molar-refractivity contribution in [3.8, 4) is 0 Å². The standard InChI is InChI=1S/C7H13F3N2O/c1-2-3-12-6(13)4-11-5-7(8,9)10/h11H,2-5H2,1H3,(H,12,13). The van der Waals surface area contributed by atoms with E-state index in [4.69, 9.17) is 0 Å². The molecule has 13 heavy (non-hydrogen) atoms. The Morgan fingerprint density at radius 3 is 2.46 bits per heavy atom. The van der Waals surface area contributed by atoms with Crippen LogP contribution in [0.1, 0.15) is 13.3 Å². The van der Waals surface area contributed by atoms with Crippen molar-refractivity contribution in [2.45, 2.75) is 19.5 Å². The fourth-order valence-electron chi connectivity index (χ4n) is 0.645. The van der Waals surface area contributed by atoms with E-state index < -0.39 is 18.6 Å². The molecule has 0 aromatic carbocycles. The third kappa shape index (κ3) is 9.13. The maximum atomic E-state index is 11.6. The molecule has 0 spiro atoms. The molecule has 0 aliphatic rings. The molecule has 0 heterocycles. The summed E-state index contributed by atoms with van der Waals surface area (Å²) in [5.41, 5.74) is 0. The van der Waals surface area contributed by atoms with Crippen molar-refractivity contribution in [1.29, 1.82) is 0 Å². The van der Waals surface area contributed by atoms with Gasteiger partial charge in [0.1, 0.15) is 0 Å². The van der Waals surface area contributed by atoms with Gasteiger partial charge in [-0.2, -0.15) is 13.2 Å². The van der Waals surface area contributed by atoms with Crippen LogP contribution in [0.25, 0.3) is 0 Å². The van der Waals surface area contributed by atoms with Gasteiger partial charge in [-0.25, -0.2) is 0 Å². The minimum atomic E-state index is -4.26. The zero-order chi connectivity index (χ0) is 10.3. The molecule has 0 atom stereocenters. The topological polar surface area (TPSA) is 41.1 Å². The number of halogens is 3. The summed E-state index contributed by atoms with van der Waals surface area (Å²) in [6, 6.07) is 0. The maximum Gasteiger partial charge on any atom is 0.401 e. The van der Waals surface area contributed by atoms with Crippen LogP contribution >= 0.6 is 0 Å². The number of carbonyl (C=O) groups excluding carboxylic acids is 1. The van der Waals surface area contributed by atoms with Gasteiger partial charge in [-0.3, -0.25) is 4.79 Å². The molecule has 0 aromatic heterocycles. The quantitative estimate of drug-likeness (QED) is 0.681. The van der Waals surface area contributed by atoms with Gasteiger partial charge in [-0.05, 0) is 6.42 Å². The number of carbonyl (C=O) groups is 1. The van der Waals surface area contributed by atoms with Crippen molar-refractivity contribution < 1.29 is 18.0 Å². The van der Waals surface area contributed by atoms with Gasteiger partial charge in [0.15, 0.2) is 0 Å². The van der Waals surface area contributed by atoms with Gasteiger partial charge in [-0.15, -0.1) is 0 Å². The molecule has 0 aliphatic heterocycles. The zero-order valence-electron chi connectivity index (χ0n) is 7.37. The first-order valence-corrected chi connectivity index (χ1v) is 4.00. The molecular formula is C7H13F3N2O. The molecule has 2 N–H and O–H groups in total. The van der Waals surface area contributed by atoms with E-state index in [1.165, 1.54) is 0 Å². The second-order valence-corrected chi connectivity index (χ2v) is 2.57. The largest absolute Gasteiger partial charge is 0.401 e. The van der Waals surface area contributed by atoms with E-state index in [0.29, 0.717) is 6.54 Å². The average Bonchev–Trinajstić information content (AvgIpc) is 1.98. The number of hydrogen-bond donors (Lipinski definition) is 2. The molecular weight excluding hydrogens is 185 g/mol. The van der Waals surface area contributed by atoms with Gasteiger partial charge >= 0.3 is 6.18 Å². The highest BCUT2D eigenvalue weighted by molar-refractivity contribution is 5.77. The highest BCUT2D eigenvalue weighted by Gasteiger charge is 2.26. The van der Waals surface area contributed by atoms with E-state index in [9.17, 15) is 18.0 Å². The second kappa shape index (κ2) is 5.80. The van der Waals surface area contributed by atoms with Gasteiger partial charge < -0.3 is 10.6 Å². The minimum absolute atomic E-state index is 0.292. The van der Waals surface area contributed by atoms with Gasteiger partial charge in [0.2, 0.25) is 5.91 Å². The molecule has 6 heteroatoms. The number of alkyl halides is 3. The van der Waals surface area contributed by atoms with Crippen LogP contribution in [-0.2, 0) is 4.79 Å². The lowest BCUT2D eigenvalue weighted by atomic mass is 10.4. The van der Waals surface area contributed by atoms with Crippen LogP contribution in [0.4, 0.5) is 13.2 Å². The molecule has 0 radical (unpaired) electrons. The summed E-state index contributed by atoms with van der Waals surface area (Å²) in [6.45, 7) is 0.933. The molecule has 0 fully saturated rings. The molecule has 0 saturated carbocycles. The van der Waals surface area contributed by atoms with Crippen molar-refractivity contribution in [2.24, 2.45) is 0 Å². The summed E-state index contributed by atoms with van der Waals surface area (Å²) in [4.78, 5) is 10.7. The summed E-state index contributed by atoms with van der Waals surface area (Å²) >= 11 is 0. The fourth-order valence-corrected chi connectivity index (χ4v) is 0.645. The fraction of sp³-hybridized carbons (Fsp3) is 0.857. The molecule has 3 nitrogen and oxygen atoms in total. The maximum absolute atomic E-state index is 11.6. The highest BCUT2D eigenvalue weighted by Crippen LogP contribution is 2.11. The van der Waals surface area contributed by atoms with E-state index in [2.05, 4.69) is 5.32 Å². The second-order valence-electron chi connectivity index (χ2n) is 2.57. The summed E-state index contributed by atoms with van der Waals surface area (Å²) in [7, 11) is 0. The lowest BCUT2D eigenvalue weighted by Crippen LogP contribution is -2.38. The SMILES string of the molecule is CCCNC(=O)CNCC(F)(F)F. The zero-order valence-corrected chi connectivity index (χ0v) is 7.37. The van der Waals surface area contributed by atoms with E-state index in [1.54, 1.807) is 0 Å². The first kappa shape index (κ1) is 12.2. The Hall–Kier alpha value is -0.780. The average molecular weight is 198 g/mol. The molecule has 0 aliphatic carbocycles. The van der Waals surface area contributed by atoms with Gasteiger partial charge in [0, 0.05) is 6.54 Å². The number of amides is 1. The first-order valence-electron chi connectivity index (χ1n) is 4.00. The summed E-state index contributed by atoms with van der Waals surface area (Å²) in [5.74, 6) is -0.411. The Kier molecular flexibility index (Phi) is 5.45. The van der Waals surface area contributed by atoms with Crippen LogP contribution in [0.2, 0.25) is 0 Å². The lowest BCUT2D eigenvalue weighted by Gasteiger charge is -2.07. The third-order valence-electron chi connectivity index (χ3n) is 1.18. The third-order valence-corrected chi connectivity index (χ3v) is 1.18. The van der Waals surface area contributed by atoms with Crippen LogP contribution in [0.5, 0.6) is 0 Å². The van der Waals surface area contributed by atoms with Crippen molar-refractivity contribution >= 4 is 5.91 Å².